The van der Waals surface area contributed by atoms with Crippen LogP contribution in [0.3, 0.4) is 0 Å². The Hall–Kier alpha value is -7.34. The molecule has 0 fully saturated rings. The third kappa shape index (κ3) is 7.84. The summed E-state index contributed by atoms with van der Waals surface area (Å²) in [5, 5.41) is 2.13. The Morgan fingerprint density at radius 2 is 1.15 bits per heavy atom. The number of benzene rings is 8. The first-order valence-corrected chi connectivity index (χ1v) is 21.6. The minimum absolute atomic E-state index is 0. The van der Waals surface area contributed by atoms with E-state index in [-0.39, 0.29) is 26.5 Å². The van der Waals surface area contributed by atoms with Crippen molar-refractivity contribution in [1.82, 2.24) is 9.55 Å². The van der Waals surface area contributed by atoms with Crippen LogP contribution >= 0.6 is 0 Å². The van der Waals surface area contributed by atoms with E-state index in [1.807, 2.05) is 97.8 Å². The number of anilines is 4. The number of pyridine rings is 1. The third-order valence-corrected chi connectivity index (χ3v) is 12.0. The maximum absolute atomic E-state index is 14.6. The molecule has 0 spiro atoms. The van der Waals surface area contributed by atoms with Crippen molar-refractivity contribution < 1.29 is 34.6 Å². The van der Waals surface area contributed by atoms with Crippen LogP contribution in [0.2, 0.25) is 0 Å². The van der Waals surface area contributed by atoms with Crippen molar-refractivity contribution in [3.8, 4) is 50.7 Å². The molecule has 0 aliphatic carbocycles. The summed E-state index contributed by atoms with van der Waals surface area (Å²) in [5.74, 6) is 0.545. The molecule has 0 bridgehead atoms. The molecule has 326 valence electrons. The maximum Gasteiger partial charge on any atom is 0.135 e. The van der Waals surface area contributed by atoms with E-state index in [0.717, 1.165) is 78.7 Å². The molecule has 8 heteroatoms. The fourth-order valence-corrected chi connectivity index (χ4v) is 8.90. The summed E-state index contributed by atoms with van der Waals surface area (Å²) in [6.07, 6.45) is 1.88. The maximum atomic E-state index is 14.6. The Bertz CT molecular complexity index is 3410. The quantitative estimate of drug-likeness (QED) is 0.142. The monoisotopic (exact) mass is 1040 g/mol. The fourth-order valence-electron chi connectivity index (χ4n) is 8.90. The Kier molecular flexibility index (Phi) is 11.1. The van der Waals surface area contributed by atoms with E-state index in [4.69, 9.17) is 9.72 Å². The van der Waals surface area contributed by atoms with Crippen LogP contribution < -0.4 is 14.5 Å². The molecular weight excluding hydrogens is 1000 g/mol. The van der Waals surface area contributed by atoms with Crippen molar-refractivity contribution >= 4 is 44.6 Å². The zero-order valence-corrected chi connectivity index (χ0v) is 38.5. The molecular formula is C58H41F2N4OPt-3. The van der Waals surface area contributed by atoms with E-state index in [1.165, 1.54) is 17.7 Å². The standard InChI is InChI=1S/C58H41F2N4O.Pt/c1-58(2,3)41-27-28-61-57(33-41)64-53-22-12-10-20-50(53)51-26-25-45(36-56(51)64)65-46-32-40(48-18-8-7-17-47(48)38-15-5-4-6-16-38)31-44(35-46)62-37-63(55-24-14-13-23-54(55)62)52-21-11-9-19-49(52)39-29-42(59)34-43(60)30-39;/h4-34,37H,1-3H3;/q-3;. The van der Waals surface area contributed by atoms with Crippen LogP contribution in [0.1, 0.15) is 26.3 Å². The summed E-state index contributed by atoms with van der Waals surface area (Å²) in [5.41, 5.74) is 11.5. The molecule has 2 aromatic heterocycles. The zero-order chi connectivity index (χ0) is 44.2. The molecule has 3 heterocycles. The van der Waals surface area contributed by atoms with Gasteiger partial charge in [0.1, 0.15) is 17.5 Å². The summed E-state index contributed by atoms with van der Waals surface area (Å²) in [6, 6.07) is 66.1. The molecule has 10 aromatic rings. The number of rotatable bonds is 8. The molecule has 1 aliphatic heterocycles. The topological polar surface area (TPSA) is 33.5 Å². The second kappa shape index (κ2) is 17.2. The largest absolute Gasteiger partial charge is 0.509 e. The van der Waals surface area contributed by atoms with Gasteiger partial charge in [-0.3, -0.25) is 0 Å². The molecule has 1 aliphatic rings. The van der Waals surface area contributed by atoms with Crippen LogP contribution in [0, 0.1) is 30.4 Å². The first-order valence-electron chi connectivity index (χ1n) is 21.6. The van der Waals surface area contributed by atoms with Crippen LogP contribution in [0.4, 0.5) is 31.5 Å². The molecule has 66 heavy (non-hydrogen) atoms. The number of fused-ring (bicyclic) bond motifs is 4. The van der Waals surface area contributed by atoms with Gasteiger partial charge in [0.25, 0.3) is 0 Å². The normalized spacial score (nSPS) is 12.4. The van der Waals surface area contributed by atoms with Crippen molar-refractivity contribution in [2.24, 2.45) is 0 Å². The average molecular weight is 1040 g/mol. The zero-order valence-electron chi connectivity index (χ0n) is 36.2. The van der Waals surface area contributed by atoms with E-state index < -0.39 is 11.6 Å². The summed E-state index contributed by atoms with van der Waals surface area (Å²) in [4.78, 5) is 9.00. The van der Waals surface area contributed by atoms with Crippen LogP contribution in [0.5, 0.6) is 11.5 Å². The van der Waals surface area contributed by atoms with Gasteiger partial charge in [0.05, 0.1) is 0 Å². The molecule has 0 radical (unpaired) electrons. The van der Waals surface area contributed by atoms with Gasteiger partial charge in [-0.2, -0.15) is 6.07 Å². The first-order chi connectivity index (χ1) is 31.7. The molecule has 11 rings (SSSR count). The number of para-hydroxylation sites is 4. The van der Waals surface area contributed by atoms with Crippen LogP contribution in [0.15, 0.2) is 188 Å². The number of halogens is 2. The molecule has 0 atom stereocenters. The van der Waals surface area contributed by atoms with Crippen LogP contribution in [0.25, 0.3) is 61.0 Å². The van der Waals surface area contributed by atoms with Crippen LogP contribution in [-0.2, 0) is 26.5 Å². The smallest absolute Gasteiger partial charge is 0.135 e. The van der Waals surface area contributed by atoms with E-state index in [0.29, 0.717) is 22.6 Å². The molecule has 5 nitrogen and oxygen atoms in total. The molecule has 0 saturated carbocycles. The van der Waals surface area contributed by atoms with E-state index in [9.17, 15) is 8.78 Å². The van der Waals surface area contributed by atoms with Gasteiger partial charge in [-0.15, -0.1) is 53.6 Å². The van der Waals surface area contributed by atoms with Gasteiger partial charge in [-0.1, -0.05) is 129 Å². The summed E-state index contributed by atoms with van der Waals surface area (Å²) >= 11 is 0. The van der Waals surface area contributed by atoms with Gasteiger partial charge in [0.15, 0.2) is 0 Å². The number of ether oxygens (including phenoxy) is 1. The molecule has 0 unspecified atom stereocenters. The van der Waals surface area contributed by atoms with Crippen LogP contribution in [-0.4, -0.2) is 9.55 Å². The Morgan fingerprint density at radius 1 is 0.530 bits per heavy atom. The summed E-state index contributed by atoms with van der Waals surface area (Å²) in [7, 11) is 0. The van der Waals surface area contributed by atoms with Gasteiger partial charge in [-0.05, 0) is 87.1 Å². The van der Waals surface area contributed by atoms with Crippen molar-refractivity contribution in [1.29, 1.82) is 0 Å². The SMILES string of the molecule is CC(C)(C)c1ccnc(-n2c3[c-]c(Oc4[c-]c(N5[CH-]N(c6ccccc6-c6cc(F)cc(F)c6)c6ccccc65)cc(-c5ccccc5-c5ccccc5)c4)ccc3c3ccccc32)c1.[Pt]. The first kappa shape index (κ1) is 42.6. The number of nitrogens with zero attached hydrogens (tertiary/aromatic N) is 4. The molecule has 8 aromatic carbocycles. The minimum atomic E-state index is -0.638. The minimum Gasteiger partial charge on any atom is -0.509 e. The Morgan fingerprint density at radius 3 is 1.89 bits per heavy atom. The number of hydrogen-bond donors (Lipinski definition) is 0. The van der Waals surface area contributed by atoms with Crippen molar-refractivity contribution in [3.63, 3.8) is 0 Å². The van der Waals surface area contributed by atoms with Gasteiger partial charge in [0, 0.05) is 73.0 Å². The van der Waals surface area contributed by atoms with Crippen molar-refractivity contribution in [2.75, 3.05) is 9.80 Å². The van der Waals surface area contributed by atoms with Gasteiger partial charge < -0.3 is 19.1 Å². The molecule has 0 amide bonds. The second-order valence-corrected chi connectivity index (χ2v) is 17.2. The second-order valence-electron chi connectivity index (χ2n) is 17.2. The molecule has 0 saturated heterocycles. The Balaban J connectivity index is 0.00000511. The van der Waals surface area contributed by atoms with E-state index >= 15 is 0 Å². The van der Waals surface area contributed by atoms with Crippen molar-refractivity contribution in [2.45, 2.75) is 26.2 Å². The van der Waals surface area contributed by atoms with Crippen molar-refractivity contribution in [3.05, 3.63) is 224 Å². The Labute approximate surface area is 397 Å². The number of hydrogen-bond acceptors (Lipinski definition) is 4. The van der Waals surface area contributed by atoms with Gasteiger partial charge >= 0.3 is 0 Å². The fraction of sp³-hybridized carbons (Fsp3) is 0.0690. The predicted octanol–water partition coefficient (Wildman–Crippen LogP) is 15.6. The third-order valence-electron chi connectivity index (χ3n) is 12.0. The number of aromatic nitrogens is 2. The summed E-state index contributed by atoms with van der Waals surface area (Å²) < 4.78 is 38.3. The summed E-state index contributed by atoms with van der Waals surface area (Å²) in [6.45, 7) is 8.61. The van der Waals surface area contributed by atoms with Gasteiger partial charge in [-0.25, -0.2) is 13.8 Å². The van der Waals surface area contributed by atoms with Gasteiger partial charge in [0.2, 0.25) is 0 Å². The molecule has 0 N–H and O–H groups in total. The predicted molar refractivity (Wildman–Crippen MR) is 259 cm³/mol. The van der Waals surface area contributed by atoms with E-state index in [2.05, 4.69) is 126 Å². The van der Waals surface area contributed by atoms with E-state index in [1.54, 1.807) is 0 Å². The average Bonchev–Trinajstić information content (AvgIpc) is 3.87.